The Morgan fingerprint density at radius 3 is 2.19 bits per heavy atom. The minimum absolute atomic E-state index is 0.0370. The van der Waals surface area contributed by atoms with E-state index in [2.05, 4.69) is 15.6 Å². The highest BCUT2D eigenvalue weighted by Crippen LogP contribution is 2.24. The maximum Gasteiger partial charge on any atom is 0.274 e. The second-order valence-electron chi connectivity index (χ2n) is 7.28. The van der Waals surface area contributed by atoms with Crippen LogP contribution in [0.25, 0.3) is 4.96 Å². The zero-order valence-corrected chi connectivity index (χ0v) is 18.0. The van der Waals surface area contributed by atoms with Gasteiger partial charge in [0.2, 0.25) is 0 Å². The number of nitrogens with one attached hydrogen (secondary N) is 2. The molecule has 7 nitrogen and oxygen atoms in total. The number of hydrogen-bond acceptors (Lipinski definition) is 5. The minimum Gasteiger partial charge on any atom is -0.321 e. The molecular weight excluding hydrogens is 412 g/mol. The summed E-state index contributed by atoms with van der Waals surface area (Å²) in [6.45, 7) is 5.55. The Kier molecular flexibility index (Phi) is 5.39. The van der Waals surface area contributed by atoms with Gasteiger partial charge < -0.3 is 10.6 Å². The SMILES string of the molecule is Cc1cc(C)cc(NC(=O)c2c(C(=O)Nc3ccccc3)sc3nc(C)cc(=O)n23)c1. The van der Waals surface area contributed by atoms with Crippen LogP contribution in [-0.2, 0) is 0 Å². The number of aryl methyl sites for hydroxylation is 3. The van der Waals surface area contributed by atoms with E-state index in [0.29, 0.717) is 17.1 Å². The van der Waals surface area contributed by atoms with Gasteiger partial charge in [-0.25, -0.2) is 9.38 Å². The van der Waals surface area contributed by atoms with E-state index in [1.54, 1.807) is 31.2 Å². The number of hydrogen-bond donors (Lipinski definition) is 2. The van der Waals surface area contributed by atoms with Crippen molar-refractivity contribution < 1.29 is 9.59 Å². The van der Waals surface area contributed by atoms with Crippen molar-refractivity contribution in [2.24, 2.45) is 0 Å². The molecule has 0 aliphatic heterocycles. The number of rotatable bonds is 4. The van der Waals surface area contributed by atoms with Gasteiger partial charge >= 0.3 is 0 Å². The van der Waals surface area contributed by atoms with E-state index in [4.69, 9.17) is 0 Å². The number of aromatic nitrogens is 2. The molecule has 0 fully saturated rings. The summed E-state index contributed by atoms with van der Waals surface area (Å²) in [6.07, 6.45) is 0. The van der Waals surface area contributed by atoms with Gasteiger partial charge in [0.15, 0.2) is 4.96 Å². The second kappa shape index (κ2) is 8.16. The van der Waals surface area contributed by atoms with Crippen LogP contribution in [0.3, 0.4) is 0 Å². The van der Waals surface area contributed by atoms with Crippen LogP contribution < -0.4 is 16.2 Å². The number of anilines is 2. The maximum atomic E-state index is 13.3. The van der Waals surface area contributed by atoms with E-state index in [9.17, 15) is 14.4 Å². The number of carbonyl (C=O) groups is 2. The predicted octanol–water partition coefficient (Wildman–Crippen LogP) is 4.19. The molecule has 2 aromatic carbocycles. The fourth-order valence-corrected chi connectivity index (χ4v) is 4.46. The summed E-state index contributed by atoms with van der Waals surface area (Å²) in [5, 5.41) is 5.60. The third kappa shape index (κ3) is 4.24. The van der Waals surface area contributed by atoms with Crippen molar-refractivity contribution in [1.82, 2.24) is 9.38 Å². The molecule has 4 aromatic rings. The molecule has 2 heterocycles. The molecular formula is C23H20N4O3S. The van der Waals surface area contributed by atoms with E-state index < -0.39 is 17.4 Å². The van der Waals surface area contributed by atoms with E-state index >= 15 is 0 Å². The van der Waals surface area contributed by atoms with Crippen LogP contribution in [0.1, 0.15) is 37.0 Å². The molecule has 0 unspecified atom stereocenters. The van der Waals surface area contributed by atoms with Gasteiger partial charge in [0.05, 0.1) is 0 Å². The standard InChI is InChI=1S/C23H20N4O3S/c1-13-9-14(2)11-17(10-13)26-21(29)19-20(22(30)25-16-7-5-4-6-8-16)31-23-24-15(3)12-18(28)27(19)23/h4-12H,1-3H3,(H,25,30)(H,26,29). The highest BCUT2D eigenvalue weighted by molar-refractivity contribution is 7.19. The zero-order chi connectivity index (χ0) is 22.1. The van der Waals surface area contributed by atoms with Crippen molar-refractivity contribution in [3.05, 3.63) is 92.3 Å². The second-order valence-corrected chi connectivity index (χ2v) is 8.26. The summed E-state index contributed by atoms with van der Waals surface area (Å²) >= 11 is 1.00. The van der Waals surface area contributed by atoms with Crippen LogP contribution in [-0.4, -0.2) is 21.2 Å². The topological polar surface area (TPSA) is 92.6 Å². The Labute approximate surface area is 182 Å². The number of carbonyl (C=O) groups excluding carboxylic acids is 2. The third-order valence-electron chi connectivity index (χ3n) is 4.58. The van der Waals surface area contributed by atoms with Gasteiger partial charge in [-0.3, -0.25) is 14.4 Å². The number of para-hydroxylation sites is 1. The van der Waals surface area contributed by atoms with Gasteiger partial charge in [-0.2, -0.15) is 0 Å². The quantitative estimate of drug-likeness (QED) is 0.506. The highest BCUT2D eigenvalue weighted by atomic mass is 32.1. The summed E-state index contributed by atoms with van der Waals surface area (Å²) in [5.41, 5.74) is 3.21. The fourth-order valence-electron chi connectivity index (χ4n) is 3.39. The molecule has 2 N–H and O–H groups in total. The third-order valence-corrected chi connectivity index (χ3v) is 5.62. The summed E-state index contributed by atoms with van der Waals surface area (Å²) in [6, 6.07) is 15.9. The lowest BCUT2D eigenvalue weighted by Gasteiger charge is -2.09. The number of benzene rings is 2. The lowest BCUT2D eigenvalue weighted by atomic mass is 10.1. The van der Waals surface area contributed by atoms with Crippen LogP contribution in [0, 0.1) is 20.8 Å². The summed E-state index contributed by atoms with van der Waals surface area (Å²) in [7, 11) is 0. The van der Waals surface area contributed by atoms with E-state index in [1.165, 1.54) is 10.5 Å². The van der Waals surface area contributed by atoms with Gasteiger partial charge in [0.1, 0.15) is 10.6 Å². The summed E-state index contributed by atoms with van der Waals surface area (Å²) in [5.74, 6) is -1.04. The number of fused-ring (bicyclic) bond motifs is 1. The molecule has 8 heteroatoms. The Morgan fingerprint density at radius 2 is 1.52 bits per heavy atom. The van der Waals surface area contributed by atoms with E-state index in [-0.39, 0.29) is 15.5 Å². The molecule has 0 aliphatic carbocycles. The maximum absolute atomic E-state index is 13.3. The largest absolute Gasteiger partial charge is 0.321 e. The zero-order valence-electron chi connectivity index (χ0n) is 17.2. The molecule has 4 rings (SSSR count). The van der Waals surface area contributed by atoms with Crippen LogP contribution in [0.2, 0.25) is 0 Å². The van der Waals surface area contributed by atoms with Crippen molar-refractivity contribution in [2.75, 3.05) is 10.6 Å². The van der Waals surface area contributed by atoms with Gasteiger partial charge in [0, 0.05) is 23.1 Å². The van der Waals surface area contributed by atoms with Crippen molar-refractivity contribution in [2.45, 2.75) is 20.8 Å². The molecule has 31 heavy (non-hydrogen) atoms. The van der Waals surface area contributed by atoms with Gasteiger partial charge in [-0.15, -0.1) is 0 Å². The lowest BCUT2D eigenvalue weighted by Crippen LogP contribution is -2.25. The normalized spacial score (nSPS) is 10.8. The Hall–Kier alpha value is -3.78. The molecule has 0 saturated carbocycles. The number of amides is 2. The summed E-state index contributed by atoms with van der Waals surface area (Å²) < 4.78 is 1.19. The smallest absolute Gasteiger partial charge is 0.274 e. The van der Waals surface area contributed by atoms with Crippen molar-refractivity contribution in [3.63, 3.8) is 0 Å². The van der Waals surface area contributed by atoms with Crippen LogP contribution in [0.5, 0.6) is 0 Å². The Bertz CT molecular complexity index is 1350. The minimum atomic E-state index is -0.554. The molecule has 0 radical (unpaired) electrons. The molecule has 0 bridgehead atoms. The molecule has 0 saturated heterocycles. The van der Waals surface area contributed by atoms with E-state index in [1.807, 2.05) is 38.1 Å². The first-order chi connectivity index (χ1) is 14.8. The van der Waals surface area contributed by atoms with Crippen LogP contribution in [0.4, 0.5) is 11.4 Å². The van der Waals surface area contributed by atoms with Gasteiger partial charge in [0.25, 0.3) is 17.4 Å². The number of thiazole rings is 1. The first kappa shape index (κ1) is 20.5. The molecule has 156 valence electrons. The van der Waals surface area contributed by atoms with E-state index in [0.717, 1.165) is 22.5 Å². The van der Waals surface area contributed by atoms with Crippen LogP contribution >= 0.6 is 11.3 Å². The van der Waals surface area contributed by atoms with Crippen molar-refractivity contribution in [1.29, 1.82) is 0 Å². The molecule has 2 amide bonds. The average Bonchev–Trinajstić information content (AvgIpc) is 3.08. The highest BCUT2D eigenvalue weighted by Gasteiger charge is 2.26. The first-order valence-corrected chi connectivity index (χ1v) is 10.4. The van der Waals surface area contributed by atoms with Gasteiger partial charge in [-0.1, -0.05) is 35.6 Å². The average molecular weight is 433 g/mol. The fraction of sp³-hybridized carbons (Fsp3) is 0.130. The lowest BCUT2D eigenvalue weighted by molar-refractivity contribution is 0.0989. The Balaban J connectivity index is 1.81. The predicted molar refractivity (Wildman–Crippen MR) is 122 cm³/mol. The first-order valence-electron chi connectivity index (χ1n) is 9.61. The molecule has 0 atom stereocenters. The molecule has 2 aromatic heterocycles. The Morgan fingerprint density at radius 1 is 0.871 bits per heavy atom. The molecule has 0 aliphatic rings. The van der Waals surface area contributed by atoms with Crippen molar-refractivity contribution in [3.8, 4) is 0 Å². The molecule has 0 spiro atoms. The van der Waals surface area contributed by atoms with Crippen LogP contribution in [0.15, 0.2) is 59.4 Å². The monoisotopic (exact) mass is 432 g/mol. The number of nitrogens with zero attached hydrogens (tertiary/aromatic N) is 2. The van der Waals surface area contributed by atoms with Gasteiger partial charge in [-0.05, 0) is 56.2 Å². The summed E-state index contributed by atoms with van der Waals surface area (Å²) in [4.78, 5) is 43.7. The van der Waals surface area contributed by atoms with Crippen molar-refractivity contribution >= 4 is 39.5 Å².